The normalized spacial score (nSPS) is 12.9. The molecule has 78 valence electrons. The number of halogens is 2. The molecule has 1 unspecified atom stereocenters. The van der Waals surface area contributed by atoms with Crippen LogP contribution in [0.4, 0.5) is 0 Å². The van der Waals surface area contributed by atoms with Crippen LogP contribution in [0.15, 0.2) is 18.2 Å². The minimum absolute atomic E-state index is 0.157. The lowest BCUT2D eigenvalue weighted by Crippen LogP contribution is -2.19. The Morgan fingerprint density at radius 1 is 1.57 bits per heavy atom. The molecule has 0 heterocycles. The van der Waals surface area contributed by atoms with Gasteiger partial charge >= 0.3 is 0 Å². The molecular weight excluding hydrogens is 312 g/mol. The Hall–Kier alpha value is 0.160. The molecule has 0 aromatic heterocycles. The second-order valence-electron chi connectivity index (χ2n) is 2.95. The molecule has 0 aliphatic heterocycles. The predicted molar refractivity (Wildman–Crippen MR) is 67.3 cm³/mol. The molecule has 0 saturated heterocycles. The smallest absolute Gasteiger partial charge is 0.0583 e. The number of hydrogen-bond donors (Lipinski definition) is 1. The van der Waals surface area contributed by atoms with E-state index in [1.807, 2.05) is 18.2 Å². The number of nitrogens with one attached hydrogen (secondary N) is 1. The molecule has 0 saturated carbocycles. The number of benzene rings is 1. The third-order valence-corrected chi connectivity index (χ3v) is 3.00. The zero-order chi connectivity index (χ0) is 10.6. The first-order valence-corrected chi connectivity index (χ1v) is 5.88. The van der Waals surface area contributed by atoms with Crippen molar-refractivity contribution in [1.29, 1.82) is 0 Å². The van der Waals surface area contributed by atoms with E-state index in [0.29, 0.717) is 0 Å². The second-order valence-corrected chi connectivity index (χ2v) is 4.60. The molecule has 1 atom stereocenters. The summed E-state index contributed by atoms with van der Waals surface area (Å²) in [4.78, 5) is 4.92. The minimum atomic E-state index is 0.157. The van der Waals surface area contributed by atoms with Crippen LogP contribution >= 0.6 is 34.2 Å². The van der Waals surface area contributed by atoms with Gasteiger partial charge in [0.1, 0.15) is 0 Å². The zero-order valence-electron chi connectivity index (χ0n) is 8.18. The Balaban J connectivity index is 2.92. The van der Waals surface area contributed by atoms with Gasteiger partial charge < -0.3 is 4.84 Å². The van der Waals surface area contributed by atoms with Crippen molar-refractivity contribution in [2.45, 2.75) is 19.4 Å². The summed E-state index contributed by atoms with van der Waals surface area (Å²) in [6, 6.07) is 6.19. The van der Waals surface area contributed by atoms with Gasteiger partial charge in [-0.1, -0.05) is 24.6 Å². The Morgan fingerprint density at radius 3 is 2.79 bits per heavy atom. The maximum absolute atomic E-state index is 6.14. The summed E-state index contributed by atoms with van der Waals surface area (Å²) in [7, 11) is 1.61. The van der Waals surface area contributed by atoms with E-state index < -0.39 is 0 Å². The molecule has 0 radical (unpaired) electrons. The average molecular weight is 326 g/mol. The Morgan fingerprint density at radius 2 is 2.29 bits per heavy atom. The van der Waals surface area contributed by atoms with E-state index in [0.717, 1.165) is 20.6 Å². The molecular formula is C10H13ClINO. The number of rotatable bonds is 4. The van der Waals surface area contributed by atoms with Gasteiger partial charge in [0.15, 0.2) is 0 Å². The lowest BCUT2D eigenvalue weighted by atomic mass is 10.1. The van der Waals surface area contributed by atoms with Crippen LogP contribution in [0, 0.1) is 3.57 Å². The van der Waals surface area contributed by atoms with E-state index in [1.54, 1.807) is 7.11 Å². The molecule has 0 fully saturated rings. The van der Waals surface area contributed by atoms with Crippen LogP contribution in [0.1, 0.15) is 24.9 Å². The highest BCUT2D eigenvalue weighted by Gasteiger charge is 2.12. The Labute approximate surface area is 103 Å². The van der Waals surface area contributed by atoms with E-state index in [4.69, 9.17) is 16.4 Å². The van der Waals surface area contributed by atoms with Crippen LogP contribution in [0.25, 0.3) is 0 Å². The first kappa shape index (κ1) is 12.2. The van der Waals surface area contributed by atoms with Crippen LogP contribution in [0.5, 0.6) is 0 Å². The highest BCUT2D eigenvalue weighted by atomic mass is 127. The number of hydrogen-bond acceptors (Lipinski definition) is 2. The highest BCUT2D eigenvalue weighted by molar-refractivity contribution is 14.1. The van der Waals surface area contributed by atoms with Gasteiger partial charge in [0.05, 0.1) is 13.2 Å². The fourth-order valence-corrected chi connectivity index (χ4v) is 2.28. The molecule has 0 aliphatic rings. The van der Waals surface area contributed by atoms with Crippen molar-refractivity contribution in [3.05, 3.63) is 32.4 Å². The van der Waals surface area contributed by atoms with Gasteiger partial charge in [-0.05, 0) is 46.7 Å². The maximum Gasteiger partial charge on any atom is 0.0583 e. The van der Waals surface area contributed by atoms with Gasteiger partial charge in [0, 0.05) is 8.59 Å². The molecule has 2 nitrogen and oxygen atoms in total. The average Bonchev–Trinajstić information content (AvgIpc) is 2.15. The second kappa shape index (κ2) is 5.90. The standard InChI is InChI=1S/C10H13ClINO/c1-3-10(13-14-2)8-5-4-7(12)6-9(8)11/h4-6,10,13H,3H2,1-2H3. The van der Waals surface area contributed by atoms with Crippen LogP contribution in [-0.2, 0) is 4.84 Å². The molecule has 1 aromatic carbocycles. The van der Waals surface area contributed by atoms with Gasteiger partial charge in [-0.15, -0.1) is 0 Å². The summed E-state index contributed by atoms with van der Waals surface area (Å²) in [5, 5.41) is 0.785. The summed E-state index contributed by atoms with van der Waals surface area (Å²) < 4.78 is 1.14. The molecule has 0 bridgehead atoms. The van der Waals surface area contributed by atoms with Crippen LogP contribution in [0.2, 0.25) is 5.02 Å². The Bertz CT molecular complexity index is 306. The topological polar surface area (TPSA) is 21.3 Å². The Kier molecular flexibility index (Phi) is 5.15. The van der Waals surface area contributed by atoms with Crippen molar-refractivity contribution in [2.75, 3.05) is 7.11 Å². The van der Waals surface area contributed by atoms with Crippen molar-refractivity contribution >= 4 is 34.2 Å². The predicted octanol–water partition coefficient (Wildman–Crippen LogP) is 3.55. The van der Waals surface area contributed by atoms with E-state index in [1.165, 1.54) is 0 Å². The summed E-state index contributed by atoms with van der Waals surface area (Å²) in [6.45, 7) is 2.09. The van der Waals surface area contributed by atoms with Gasteiger partial charge in [-0.3, -0.25) is 0 Å². The summed E-state index contributed by atoms with van der Waals surface area (Å²) in [6.07, 6.45) is 0.939. The molecule has 1 aromatic rings. The number of hydroxylamine groups is 1. The van der Waals surface area contributed by atoms with Crippen LogP contribution in [0.3, 0.4) is 0 Å². The summed E-state index contributed by atoms with van der Waals surface area (Å²) >= 11 is 8.38. The fraction of sp³-hybridized carbons (Fsp3) is 0.400. The molecule has 1 rings (SSSR count). The molecule has 4 heteroatoms. The van der Waals surface area contributed by atoms with E-state index in [9.17, 15) is 0 Å². The van der Waals surface area contributed by atoms with E-state index >= 15 is 0 Å². The monoisotopic (exact) mass is 325 g/mol. The maximum atomic E-state index is 6.14. The third-order valence-electron chi connectivity index (χ3n) is 2.01. The lowest BCUT2D eigenvalue weighted by Gasteiger charge is -2.16. The van der Waals surface area contributed by atoms with Crippen LogP contribution in [-0.4, -0.2) is 7.11 Å². The third kappa shape index (κ3) is 3.08. The van der Waals surface area contributed by atoms with Gasteiger partial charge in [-0.2, -0.15) is 5.48 Å². The molecule has 0 aliphatic carbocycles. The van der Waals surface area contributed by atoms with E-state index in [-0.39, 0.29) is 6.04 Å². The van der Waals surface area contributed by atoms with Crippen LogP contribution < -0.4 is 5.48 Å². The molecule has 0 amide bonds. The van der Waals surface area contributed by atoms with Gasteiger partial charge in [-0.25, -0.2) is 0 Å². The first-order chi connectivity index (χ1) is 6.69. The van der Waals surface area contributed by atoms with Crippen molar-refractivity contribution < 1.29 is 4.84 Å². The summed E-state index contributed by atoms with van der Waals surface area (Å²) in [5.41, 5.74) is 4.00. The van der Waals surface area contributed by atoms with Crippen molar-refractivity contribution in [1.82, 2.24) is 5.48 Å². The minimum Gasteiger partial charge on any atom is -0.305 e. The lowest BCUT2D eigenvalue weighted by molar-refractivity contribution is 0.0593. The van der Waals surface area contributed by atoms with E-state index in [2.05, 4.69) is 35.0 Å². The largest absolute Gasteiger partial charge is 0.305 e. The highest BCUT2D eigenvalue weighted by Crippen LogP contribution is 2.26. The fourth-order valence-electron chi connectivity index (χ4n) is 1.29. The van der Waals surface area contributed by atoms with Crippen molar-refractivity contribution in [3.8, 4) is 0 Å². The quantitative estimate of drug-likeness (QED) is 0.675. The van der Waals surface area contributed by atoms with Crippen molar-refractivity contribution in [2.24, 2.45) is 0 Å². The SMILES string of the molecule is CCC(NOC)c1ccc(I)cc1Cl. The molecule has 1 N–H and O–H groups in total. The van der Waals surface area contributed by atoms with Crippen molar-refractivity contribution in [3.63, 3.8) is 0 Å². The first-order valence-electron chi connectivity index (χ1n) is 4.42. The molecule has 0 spiro atoms. The van der Waals surface area contributed by atoms with Gasteiger partial charge in [0.25, 0.3) is 0 Å². The molecule has 14 heavy (non-hydrogen) atoms. The zero-order valence-corrected chi connectivity index (χ0v) is 11.1. The summed E-state index contributed by atoms with van der Waals surface area (Å²) in [5.74, 6) is 0. The van der Waals surface area contributed by atoms with Gasteiger partial charge in [0.2, 0.25) is 0 Å².